The maximum Gasteiger partial charge on any atom is 0.257 e. The summed E-state index contributed by atoms with van der Waals surface area (Å²) in [4.78, 5) is 28.9. The van der Waals surface area contributed by atoms with Gasteiger partial charge in [-0.3, -0.25) is 14.6 Å². The molecule has 2 aromatic carbocycles. The van der Waals surface area contributed by atoms with Gasteiger partial charge in [-0.05, 0) is 60.5 Å². The van der Waals surface area contributed by atoms with Crippen LogP contribution in [-0.2, 0) is 6.42 Å². The number of hydrogen-bond donors (Lipinski definition) is 2. The van der Waals surface area contributed by atoms with E-state index in [0.29, 0.717) is 17.9 Å². The van der Waals surface area contributed by atoms with Crippen LogP contribution in [0.4, 0.5) is 15.8 Å². The first-order valence-corrected chi connectivity index (χ1v) is 9.08. The van der Waals surface area contributed by atoms with Gasteiger partial charge in [0.25, 0.3) is 11.8 Å². The number of nitrogens with zero attached hydrogens (tertiary/aromatic N) is 1. The molecule has 0 saturated carbocycles. The smallest absolute Gasteiger partial charge is 0.257 e. The van der Waals surface area contributed by atoms with Crippen LogP contribution in [0.1, 0.15) is 31.8 Å². The number of anilines is 2. The highest BCUT2D eigenvalue weighted by Crippen LogP contribution is 2.28. The zero-order chi connectivity index (χ0) is 20.4. The Labute approximate surface area is 166 Å². The van der Waals surface area contributed by atoms with Gasteiger partial charge in [0, 0.05) is 35.8 Å². The number of aromatic nitrogens is 1. The summed E-state index contributed by atoms with van der Waals surface area (Å²) in [5, 5.41) is 5.35. The molecule has 2 N–H and O–H groups in total. The standard InChI is InChI=1S/C22H18FN3O3/c1-13-6-16(12-24-11-13)22(28)26-19-9-15(7-17(23)10-19)21(27)25-18-2-3-20-14(8-18)4-5-29-20/h2-3,6-12H,4-5H2,1H3,(H,25,27)(H,26,28). The van der Waals surface area contributed by atoms with Crippen LogP contribution in [0.3, 0.4) is 0 Å². The van der Waals surface area contributed by atoms with Gasteiger partial charge in [0.1, 0.15) is 11.6 Å². The summed E-state index contributed by atoms with van der Waals surface area (Å²) in [5.74, 6) is -0.727. The van der Waals surface area contributed by atoms with Gasteiger partial charge in [0.05, 0.1) is 12.2 Å². The maximum atomic E-state index is 14.1. The number of amides is 2. The van der Waals surface area contributed by atoms with Crippen molar-refractivity contribution in [1.29, 1.82) is 0 Å². The van der Waals surface area contributed by atoms with E-state index in [0.717, 1.165) is 35.4 Å². The molecule has 4 rings (SSSR count). The van der Waals surface area contributed by atoms with E-state index >= 15 is 0 Å². The lowest BCUT2D eigenvalue weighted by Gasteiger charge is -2.10. The number of halogens is 1. The summed E-state index contributed by atoms with van der Waals surface area (Å²) in [6, 6.07) is 10.7. The summed E-state index contributed by atoms with van der Waals surface area (Å²) in [6.45, 7) is 2.44. The normalized spacial score (nSPS) is 12.1. The van der Waals surface area contributed by atoms with Gasteiger partial charge < -0.3 is 15.4 Å². The number of pyridine rings is 1. The molecule has 0 aliphatic carbocycles. The van der Waals surface area contributed by atoms with Crippen LogP contribution in [0, 0.1) is 12.7 Å². The summed E-state index contributed by atoms with van der Waals surface area (Å²) >= 11 is 0. The van der Waals surface area contributed by atoms with E-state index in [4.69, 9.17) is 4.74 Å². The van der Waals surface area contributed by atoms with Crippen LogP contribution in [0.15, 0.2) is 54.9 Å². The summed E-state index contributed by atoms with van der Waals surface area (Å²) < 4.78 is 19.5. The molecule has 0 spiro atoms. The van der Waals surface area contributed by atoms with Crippen LogP contribution < -0.4 is 15.4 Å². The molecular formula is C22H18FN3O3. The lowest BCUT2D eigenvalue weighted by atomic mass is 10.1. The van der Waals surface area contributed by atoms with Gasteiger partial charge in [0.15, 0.2) is 0 Å². The second kappa shape index (κ2) is 7.71. The molecule has 3 aromatic rings. The fourth-order valence-electron chi connectivity index (χ4n) is 3.14. The molecule has 0 fully saturated rings. The van der Waals surface area contributed by atoms with Gasteiger partial charge in [-0.25, -0.2) is 4.39 Å². The highest BCUT2D eigenvalue weighted by Gasteiger charge is 2.15. The zero-order valence-electron chi connectivity index (χ0n) is 15.7. The maximum absolute atomic E-state index is 14.1. The minimum Gasteiger partial charge on any atom is -0.493 e. The van der Waals surface area contributed by atoms with Crippen molar-refractivity contribution in [2.75, 3.05) is 17.2 Å². The third-order valence-corrected chi connectivity index (χ3v) is 4.50. The number of hydrogen-bond acceptors (Lipinski definition) is 4. The zero-order valence-corrected chi connectivity index (χ0v) is 15.7. The molecule has 1 aliphatic rings. The molecular weight excluding hydrogens is 373 g/mol. The highest BCUT2D eigenvalue weighted by atomic mass is 19.1. The monoisotopic (exact) mass is 391 g/mol. The van der Waals surface area contributed by atoms with Crippen LogP contribution in [0.5, 0.6) is 5.75 Å². The summed E-state index contributed by atoms with van der Waals surface area (Å²) in [6.07, 6.45) is 3.84. The molecule has 29 heavy (non-hydrogen) atoms. The van der Waals surface area contributed by atoms with Gasteiger partial charge in [-0.15, -0.1) is 0 Å². The first kappa shape index (κ1) is 18.6. The fraction of sp³-hybridized carbons (Fsp3) is 0.136. The van der Waals surface area contributed by atoms with Crippen LogP contribution in [-0.4, -0.2) is 23.4 Å². The van der Waals surface area contributed by atoms with E-state index in [-0.39, 0.29) is 11.3 Å². The first-order valence-electron chi connectivity index (χ1n) is 9.08. The molecule has 0 unspecified atom stereocenters. The Hall–Kier alpha value is -3.74. The van der Waals surface area contributed by atoms with Crippen molar-refractivity contribution in [3.63, 3.8) is 0 Å². The second-order valence-corrected chi connectivity index (χ2v) is 6.81. The quantitative estimate of drug-likeness (QED) is 0.705. The van der Waals surface area contributed by atoms with E-state index in [1.807, 2.05) is 13.0 Å². The highest BCUT2D eigenvalue weighted by molar-refractivity contribution is 6.07. The number of benzene rings is 2. The van der Waals surface area contributed by atoms with Crippen molar-refractivity contribution in [1.82, 2.24) is 4.98 Å². The number of rotatable bonds is 4. The van der Waals surface area contributed by atoms with Gasteiger partial charge >= 0.3 is 0 Å². The first-order chi connectivity index (χ1) is 14.0. The fourth-order valence-corrected chi connectivity index (χ4v) is 3.14. The van der Waals surface area contributed by atoms with Crippen LogP contribution in [0.25, 0.3) is 0 Å². The van der Waals surface area contributed by atoms with E-state index in [9.17, 15) is 14.0 Å². The predicted octanol–water partition coefficient (Wildman–Crippen LogP) is 3.97. The topological polar surface area (TPSA) is 80.3 Å². The third-order valence-electron chi connectivity index (χ3n) is 4.50. The van der Waals surface area contributed by atoms with E-state index < -0.39 is 17.6 Å². The molecule has 0 radical (unpaired) electrons. The number of carbonyl (C=O) groups is 2. The van der Waals surface area contributed by atoms with Crippen molar-refractivity contribution in [2.45, 2.75) is 13.3 Å². The molecule has 2 amide bonds. The lowest BCUT2D eigenvalue weighted by molar-refractivity contribution is 0.101. The number of fused-ring (bicyclic) bond motifs is 1. The Morgan fingerprint density at radius 2 is 1.76 bits per heavy atom. The molecule has 0 atom stereocenters. The van der Waals surface area contributed by atoms with E-state index in [2.05, 4.69) is 15.6 Å². The Balaban J connectivity index is 1.51. The summed E-state index contributed by atoms with van der Waals surface area (Å²) in [7, 11) is 0. The molecule has 0 bridgehead atoms. The minimum atomic E-state index is -0.627. The molecule has 146 valence electrons. The number of nitrogens with one attached hydrogen (secondary N) is 2. The predicted molar refractivity (Wildman–Crippen MR) is 107 cm³/mol. The largest absolute Gasteiger partial charge is 0.493 e. The molecule has 1 aromatic heterocycles. The van der Waals surface area contributed by atoms with Crippen molar-refractivity contribution < 1.29 is 18.7 Å². The van der Waals surface area contributed by atoms with Crippen molar-refractivity contribution in [2.24, 2.45) is 0 Å². The number of carbonyl (C=O) groups excluding carboxylic acids is 2. The molecule has 0 saturated heterocycles. The van der Waals surface area contributed by atoms with Crippen molar-refractivity contribution in [3.05, 3.63) is 82.9 Å². The number of aryl methyl sites for hydroxylation is 1. The molecule has 7 heteroatoms. The summed E-state index contributed by atoms with van der Waals surface area (Å²) in [5.41, 5.74) is 3.07. The molecule has 1 aliphatic heterocycles. The van der Waals surface area contributed by atoms with Gasteiger partial charge in [0.2, 0.25) is 0 Å². The minimum absolute atomic E-state index is 0.0967. The van der Waals surface area contributed by atoms with Crippen LogP contribution >= 0.6 is 0 Å². The lowest BCUT2D eigenvalue weighted by Crippen LogP contribution is -2.15. The van der Waals surface area contributed by atoms with Crippen LogP contribution in [0.2, 0.25) is 0 Å². The Morgan fingerprint density at radius 3 is 2.59 bits per heavy atom. The number of ether oxygens (including phenoxy) is 1. The average molecular weight is 391 g/mol. The second-order valence-electron chi connectivity index (χ2n) is 6.81. The molecule has 6 nitrogen and oxygen atoms in total. The third kappa shape index (κ3) is 4.24. The van der Waals surface area contributed by atoms with E-state index in [1.54, 1.807) is 24.4 Å². The Kier molecular flexibility index (Phi) is 4.95. The molecule has 2 heterocycles. The Bertz CT molecular complexity index is 1110. The van der Waals surface area contributed by atoms with Gasteiger partial charge in [-0.1, -0.05) is 0 Å². The van der Waals surface area contributed by atoms with Gasteiger partial charge in [-0.2, -0.15) is 0 Å². The van der Waals surface area contributed by atoms with Crippen molar-refractivity contribution in [3.8, 4) is 5.75 Å². The van der Waals surface area contributed by atoms with Crippen molar-refractivity contribution >= 4 is 23.2 Å². The SMILES string of the molecule is Cc1cncc(C(=O)Nc2cc(F)cc(C(=O)Nc3ccc4c(c3)CCO4)c2)c1. The Morgan fingerprint density at radius 1 is 0.966 bits per heavy atom. The van der Waals surface area contributed by atoms with E-state index in [1.165, 1.54) is 12.3 Å². The average Bonchev–Trinajstić information content (AvgIpc) is 3.15.